The molecule has 1 aliphatic heterocycles. The minimum absolute atomic E-state index is 0.249. The van der Waals surface area contributed by atoms with Crippen molar-refractivity contribution in [2.75, 3.05) is 32.8 Å². The summed E-state index contributed by atoms with van der Waals surface area (Å²) in [6.07, 6.45) is 1.02. The molecule has 4 heteroatoms. The zero-order chi connectivity index (χ0) is 12.9. The van der Waals surface area contributed by atoms with Crippen molar-refractivity contribution in [2.24, 2.45) is 0 Å². The smallest absolute Gasteiger partial charge is 0.0826 e. The lowest BCUT2D eigenvalue weighted by Crippen LogP contribution is -2.50. The molecule has 0 aliphatic carbocycles. The Balaban J connectivity index is 2.23. The molecule has 1 saturated heterocycles. The van der Waals surface area contributed by atoms with Crippen LogP contribution < -0.4 is 5.32 Å². The van der Waals surface area contributed by atoms with Crippen LogP contribution in [0.4, 0.5) is 0 Å². The predicted octanol–water partition coefficient (Wildman–Crippen LogP) is 0.846. The molecule has 2 N–H and O–H groups in total. The highest BCUT2D eigenvalue weighted by molar-refractivity contribution is 4.78. The number of ether oxygens (including phenoxy) is 1. The average molecular weight is 244 g/mol. The van der Waals surface area contributed by atoms with Crippen molar-refractivity contribution in [2.45, 2.75) is 51.9 Å². The molecule has 1 rings (SSSR count). The molecular formula is C13H28N2O2. The Kier molecular flexibility index (Phi) is 5.86. The highest BCUT2D eigenvalue weighted by atomic mass is 16.5. The second kappa shape index (κ2) is 6.69. The fraction of sp³-hybridized carbons (Fsp3) is 1.00. The van der Waals surface area contributed by atoms with E-state index in [2.05, 4.69) is 24.1 Å². The van der Waals surface area contributed by atoms with Gasteiger partial charge in [-0.15, -0.1) is 0 Å². The van der Waals surface area contributed by atoms with E-state index in [1.54, 1.807) is 0 Å². The van der Waals surface area contributed by atoms with Crippen LogP contribution in [0.1, 0.15) is 34.1 Å². The number of aliphatic hydroxyl groups is 1. The summed E-state index contributed by atoms with van der Waals surface area (Å²) in [5.41, 5.74) is -0.605. The van der Waals surface area contributed by atoms with E-state index in [9.17, 15) is 5.11 Å². The number of rotatable bonds is 6. The normalized spacial score (nSPS) is 26.1. The van der Waals surface area contributed by atoms with E-state index < -0.39 is 5.60 Å². The molecule has 4 nitrogen and oxygen atoms in total. The van der Waals surface area contributed by atoms with Gasteiger partial charge < -0.3 is 15.2 Å². The molecule has 0 aromatic heterocycles. The number of hydrogen-bond donors (Lipinski definition) is 2. The molecule has 1 aliphatic rings. The number of nitrogens with zero attached hydrogens (tertiary/aromatic N) is 1. The summed E-state index contributed by atoms with van der Waals surface area (Å²) in [6.45, 7) is 12.6. The molecule has 2 unspecified atom stereocenters. The van der Waals surface area contributed by atoms with Gasteiger partial charge in [0.2, 0.25) is 0 Å². The Bertz CT molecular complexity index is 219. The monoisotopic (exact) mass is 244 g/mol. The van der Waals surface area contributed by atoms with Crippen molar-refractivity contribution < 1.29 is 9.84 Å². The Hall–Kier alpha value is -0.160. The third-order valence-electron chi connectivity index (χ3n) is 3.54. The largest absolute Gasteiger partial charge is 0.389 e. The number of morpholine rings is 1. The molecule has 0 amide bonds. The summed E-state index contributed by atoms with van der Waals surface area (Å²) in [7, 11) is 0. The molecule has 1 heterocycles. The fourth-order valence-electron chi connectivity index (χ4n) is 1.96. The molecule has 0 saturated carbocycles. The van der Waals surface area contributed by atoms with Crippen LogP contribution in [0.15, 0.2) is 0 Å². The molecule has 0 spiro atoms. The van der Waals surface area contributed by atoms with E-state index >= 15 is 0 Å². The summed E-state index contributed by atoms with van der Waals surface area (Å²) >= 11 is 0. The van der Waals surface area contributed by atoms with Crippen LogP contribution in [-0.4, -0.2) is 60.5 Å². The van der Waals surface area contributed by atoms with E-state index in [-0.39, 0.29) is 6.10 Å². The van der Waals surface area contributed by atoms with Crippen molar-refractivity contribution >= 4 is 0 Å². The zero-order valence-corrected chi connectivity index (χ0v) is 11.7. The van der Waals surface area contributed by atoms with E-state index in [0.717, 1.165) is 32.7 Å². The van der Waals surface area contributed by atoms with Gasteiger partial charge in [0.25, 0.3) is 0 Å². The lowest BCUT2D eigenvalue weighted by molar-refractivity contribution is -0.0398. The minimum atomic E-state index is -0.605. The first-order chi connectivity index (χ1) is 7.94. The van der Waals surface area contributed by atoms with Gasteiger partial charge in [0.05, 0.1) is 18.3 Å². The molecule has 0 bridgehead atoms. The summed E-state index contributed by atoms with van der Waals surface area (Å²) in [6, 6.07) is 0.583. The first-order valence-corrected chi connectivity index (χ1v) is 6.73. The Morgan fingerprint density at radius 3 is 2.82 bits per heavy atom. The van der Waals surface area contributed by atoms with E-state index in [1.165, 1.54) is 0 Å². The van der Waals surface area contributed by atoms with Crippen molar-refractivity contribution in [1.29, 1.82) is 0 Å². The Labute approximate surface area is 105 Å². The van der Waals surface area contributed by atoms with Gasteiger partial charge >= 0.3 is 0 Å². The number of hydrogen-bond acceptors (Lipinski definition) is 4. The third kappa shape index (κ3) is 5.34. The van der Waals surface area contributed by atoms with Crippen LogP contribution >= 0.6 is 0 Å². The van der Waals surface area contributed by atoms with Gasteiger partial charge in [-0.1, -0.05) is 6.92 Å². The average Bonchev–Trinajstić information content (AvgIpc) is 2.29. The first kappa shape index (κ1) is 14.9. The summed E-state index contributed by atoms with van der Waals surface area (Å²) in [5, 5.41) is 13.2. The van der Waals surface area contributed by atoms with E-state index in [0.29, 0.717) is 12.6 Å². The highest BCUT2D eigenvalue weighted by Crippen LogP contribution is 2.09. The van der Waals surface area contributed by atoms with Gasteiger partial charge in [-0.05, 0) is 27.2 Å². The van der Waals surface area contributed by atoms with E-state index in [4.69, 9.17) is 4.74 Å². The second-order valence-electron chi connectivity index (χ2n) is 5.56. The van der Waals surface area contributed by atoms with Gasteiger partial charge in [0.15, 0.2) is 0 Å². The second-order valence-corrected chi connectivity index (χ2v) is 5.56. The Morgan fingerprint density at radius 1 is 1.53 bits per heavy atom. The van der Waals surface area contributed by atoms with Crippen LogP contribution in [0.5, 0.6) is 0 Å². The quantitative estimate of drug-likeness (QED) is 0.727. The van der Waals surface area contributed by atoms with Crippen LogP contribution in [0, 0.1) is 0 Å². The van der Waals surface area contributed by atoms with Crippen LogP contribution in [-0.2, 0) is 4.74 Å². The van der Waals surface area contributed by atoms with Gasteiger partial charge in [0, 0.05) is 32.2 Å². The first-order valence-electron chi connectivity index (χ1n) is 6.73. The molecule has 0 aromatic rings. The van der Waals surface area contributed by atoms with Gasteiger partial charge in [-0.2, -0.15) is 0 Å². The highest BCUT2D eigenvalue weighted by Gasteiger charge is 2.23. The van der Waals surface area contributed by atoms with Gasteiger partial charge in [0.1, 0.15) is 0 Å². The topological polar surface area (TPSA) is 44.7 Å². The maximum Gasteiger partial charge on any atom is 0.0826 e. The molecular weight excluding hydrogens is 216 g/mol. The lowest BCUT2D eigenvalue weighted by Gasteiger charge is -2.36. The summed E-state index contributed by atoms with van der Waals surface area (Å²) in [4.78, 5) is 2.44. The maximum atomic E-state index is 9.88. The minimum Gasteiger partial charge on any atom is -0.389 e. The van der Waals surface area contributed by atoms with Crippen molar-refractivity contribution in [3.63, 3.8) is 0 Å². The van der Waals surface area contributed by atoms with Crippen molar-refractivity contribution in [3.8, 4) is 0 Å². The maximum absolute atomic E-state index is 9.88. The van der Waals surface area contributed by atoms with E-state index in [1.807, 2.05) is 13.8 Å². The molecule has 2 atom stereocenters. The standard InChI is InChI=1S/C13H28N2O2/c1-5-13(4,16)10-14-8-12-9-15(11(2)3)6-7-17-12/h11-12,14,16H,5-10H2,1-4H3. The summed E-state index contributed by atoms with van der Waals surface area (Å²) < 4.78 is 5.72. The van der Waals surface area contributed by atoms with Crippen LogP contribution in [0.2, 0.25) is 0 Å². The van der Waals surface area contributed by atoms with Crippen molar-refractivity contribution in [3.05, 3.63) is 0 Å². The van der Waals surface area contributed by atoms with Gasteiger partial charge in [-0.25, -0.2) is 0 Å². The molecule has 102 valence electrons. The van der Waals surface area contributed by atoms with Crippen LogP contribution in [0.25, 0.3) is 0 Å². The molecule has 1 fully saturated rings. The molecule has 17 heavy (non-hydrogen) atoms. The van der Waals surface area contributed by atoms with Gasteiger partial charge in [-0.3, -0.25) is 4.90 Å². The van der Waals surface area contributed by atoms with Crippen LogP contribution in [0.3, 0.4) is 0 Å². The molecule has 0 radical (unpaired) electrons. The lowest BCUT2D eigenvalue weighted by atomic mass is 10.0. The van der Waals surface area contributed by atoms with Crippen molar-refractivity contribution in [1.82, 2.24) is 10.2 Å². The molecule has 0 aromatic carbocycles. The SMILES string of the molecule is CCC(C)(O)CNCC1CN(C(C)C)CCO1. The predicted molar refractivity (Wildman–Crippen MR) is 70.2 cm³/mol. The summed E-state index contributed by atoms with van der Waals surface area (Å²) in [5.74, 6) is 0. The number of nitrogens with one attached hydrogen (secondary N) is 1. The third-order valence-corrected chi connectivity index (χ3v) is 3.54. The zero-order valence-electron chi connectivity index (χ0n) is 11.7. The Morgan fingerprint density at radius 2 is 2.24 bits per heavy atom. The fourth-order valence-corrected chi connectivity index (χ4v) is 1.96.